The van der Waals surface area contributed by atoms with Crippen LogP contribution in [-0.2, 0) is 6.42 Å². The van der Waals surface area contributed by atoms with Gasteiger partial charge in [0.25, 0.3) is 0 Å². The molecular weight excluding hydrogens is 316 g/mol. The Hall–Kier alpha value is 0.180. The third-order valence-corrected chi connectivity index (χ3v) is 4.65. The van der Waals surface area contributed by atoms with Crippen molar-refractivity contribution in [2.75, 3.05) is 0 Å². The highest BCUT2D eigenvalue weighted by Gasteiger charge is 2.17. The summed E-state index contributed by atoms with van der Waals surface area (Å²) < 4.78 is 1.15. The summed E-state index contributed by atoms with van der Waals surface area (Å²) in [7, 11) is 0. The molecule has 2 unspecified atom stereocenters. The number of benzene rings is 1. The lowest BCUT2D eigenvalue weighted by Crippen LogP contribution is -2.19. The third kappa shape index (κ3) is 4.28. The van der Waals surface area contributed by atoms with Crippen molar-refractivity contribution in [2.24, 2.45) is 11.8 Å². The largest absolute Gasteiger partial charge is 0.0884 e. The van der Waals surface area contributed by atoms with Gasteiger partial charge in [-0.1, -0.05) is 64.8 Å². The maximum absolute atomic E-state index is 3.79. The maximum atomic E-state index is 3.79. The van der Waals surface area contributed by atoms with Gasteiger partial charge in [-0.2, -0.15) is 0 Å². The number of alkyl halides is 1. The van der Waals surface area contributed by atoms with Gasteiger partial charge in [-0.15, -0.1) is 0 Å². The lowest BCUT2D eigenvalue weighted by Gasteiger charge is -2.21. The Morgan fingerprint density at radius 2 is 1.60 bits per heavy atom. The number of rotatable bonds is 4. The lowest BCUT2D eigenvalue weighted by atomic mass is 9.91. The first-order valence-corrected chi connectivity index (χ1v) is 7.10. The minimum absolute atomic E-state index is 0.568. The Balaban J connectivity index is 2.58. The van der Waals surface area contributed by atoms with Crippen molar-refractivity contribution in [1.82, 2.24) is 0 Å². The summed E-state index contributed by atoms with van der Waals surface area (Å²) in [5.41, 5.74) is 1.40. The van der Waals surface area contributed by atoms with Crippen molar-refractivity contribution >= 4 is 31.9 Å². The van der Waals surface area contributed by atoms with Gasteiger partial charge in [0.2, 0.25) is 0 Å². The topological polar surface area (TPSA) is 0 Å². The van der Waals surface area contributed by atoms with E-state index in [1.807, 2.05) is 0 Å². The van der Waals surface area contributed by atoms with Gasteiger partial charge in [0.1, 0.15) is 0 Å². The van der Waals surface area contributed by atoms with Gasteiger partial charge in [0.15, 0.2) is 0 Å². The first-order chi connectivity index (χ1) is 7.00. The van der Waals surface area contributed by atoms with Crippen LogP contribution in [0.25, 0.3) is 0 Å². The van der Waals surface area contributed by atoms with Crippen LogP contribution in [-0.4, -0.2) is 4.83 Å². The molecule has 0 aromatic heterocycles. The van der Waals surface area contributed by atoms with Gasteiger partial charge in [-0.05, 0) is 36.0 Å². The van der Waals surface area contributed by atoms with E-state index < -0.39 is 0 Å². The Labute approximate surface area is 110 Å². The first-order valence-electron chi connectivity index (χ1n) is 5.39. The molecule has 0 nitrogen and oxygen atoms in total. The molecule has 0 fully saturated rings. The maximum Gasteiger partial charge on any atom is 0.0214 e. The molecule has 1 aromatic rings. The van der Waals surface area contributed by atoms with E-state index in [9.17, 15) is 0 Å². The van der Waals surface area contributed by atoms with Crippen molar-refractivity contribution in [3.63, 3.8) is 0 Å². The fourth-order valence-corrected chi connectivity index (χ4v) is 2.70. The normalized spacial score (nSPS) is 15.3. The standard InChI is InChI=1S/C13H18Br2/c1-9(2)10(3)13(15)8-11-4-6-12(14)7-5-11/h4-7,9-10,13H,8H2,1-3H3. The molecule has 0 radical (unpaired) electrons. The number of halogens is 2. The van der Waals surface area contributed by atoms with E-state index in [1.54, 1.807) is 0 Å². The van der Waals surface area contributed by atoms with Crippen molar-refractivity contribution in [3.05, 3.63) is 34.3 Å². The van der Waals surface area contributed by atoms with E-state index in [0.29, 0.717) is 10.7 Å². The smallest absolute Gasteiger partial charge is 0.0214 e. The molecule has 0 aliphatic heterocycles. The van der Waals surface area contributed by atoms with Gasteiger partial charge < -0.3 is 0 Å². The zero-order chi connectivity index (χ0) is 11.4. The van der Waals surface area contributed by atoms with E-state index in [0.717, 1.165) is 16.8 Å². The lowest BCUT2D eigenvalue weighted by molar-refractivity contribution is 0.407. The molecular formula is C13H18Br2. The fraction of sp³-hybridized carbons (Fsp3) is 0.538. The molecule has 0 aliphatic rings. The van der Waals surface area contributed by atoms with E-state index in [4.69, 9.17) is 0 Å². The summed E-state index contributed by atoms with van der Waals surface area (Å²) in [6.07, 6.45) is 1.10. The van der Waals surface area contributed by atoms with E-state index >= 15 is 0 Å². The molecule has 1 aromatic carbocycles. The zero-order valence-corrected chi connectivity index (χ0v) is 12.7. The minimum Gasteiger partial charge on any atom is -0.0884 e. The second-order valence-corrected chi connectivity index (χ2v) is 6.54. The summed E-state index contributed by atoms with van der Waals surface area (Å²) in [5.74, 6) is 1.43. The molecule has 2 atom stereocenters. The van der Waals surface area contributed by atoms with Crippen LogP contribution in [0.15, 0.2) is 28.7 Å². The van der Waals surface area contributed by atoms with Crippen molar-refractivity contribution in [2.45, 2.75) is 32.0 Å². The minimum atomic E-state index is 0.568. The summed E-state index contributed by atoms with van der Waals surface area (Å²) in [6.45, 7) is 6.87. The van der Waals surface area contributed by atoms with Gasteiger partial charge in [-0.3, -0.25) is 0 Å². The highest BCUT2D eigenvalue weighted by atomic mass is 79.9. The molecule has 0 heterocycles. The molecule has 0 amide bonds. The molecule has 0 saturated heterocycles. The average Bonchev–Trinajstić information content (AvgIpc) is 2.20. The van der Waals surface area contributed by atoms with Gasteiger partial charge in [0.05, 0.1) is 0 Å². The number of hydrogen-bond acceptors (Lipinski definition) is 0. The highest BCUT2D eigenvalue weighted by molar-refractivity contribution is 9.10. The van der Waals surface area contributed by atoms with Crippen LogP contribution in [0.2, 0.25) is 0 Å². The molecule has 0 spiro atoms. The molecule has 15 heavy (non-hydrogen) atoms. The summed E-state index contributed by atoms with van der Waals surface area (Å²) in [4.78, 5) is 0.568. The van der Waals surface area contributed by atoms with Crippen LogP contribution in [0.3, 0.4) is 0 Å². The van der Waals surface area contributed by atoms with E-state index in [2.05, 4.69) is 76.9 Å². The van der Waals surface area contributed by atoms with Gasteiger partial charge >= 0.3 is 0 Å². The predicted octanol–water partition coefficient (Wildman–Crippen LogP) is 5.05. The average molecular weight is 334 g/mol. The Morgan fingerprint density at radius 3 is 2.07 bits per heavy atom. The van der Waals surface area contributed by atoms with Crippen LogP contribution in [0.4, 0.5) is 0 Å². The Kier molecular flexibility index (Phi) is 5.34. The second-order valence-electron chi connectivity index (χ2n) is 4.45. The molecule has 0 N–H and O–H groups in total. The molecule has 2 heteroatoms. The fourth-order valence-electron chi connectivity index (χ4n) is 1.45. The van der Waals surface area contributed by atoms with E-state index in [1.165, 1.54) is 5.56 Å². The molecule has 84 valence electrons. The van der Waals surface area contributed by atoms with Crippen LogP contribution in [0, 0.1) is 11.8 Å². The monoisotopic (exact) mass is 332 g/mol. The van der Waals surface area contributed by atoms with Gasteiger partial charge in [0, 0.05) is 9.30 Å². The molecule has 0 saturated carbocycles. The van der Waals surface area contributed by atoms with Crippen molar-refractivity contribution in [1.29, 1.82) is 0 Å². The SMILES string of the molecule is CC(C)C(C)C(Br)Cc1ccc(Br)cc1. The molecule has 0 bridgehead atoms. The Bertz CT molecular complexity index is 290. The first kappa shape index (κ1) is 13.2. The van der Waals surface area contributed by atoms with Crippen molar-refractivity contribution in [3.8, 4) is 0 Å². The van der Waals surface area contributed by atoms with Crippen LogP contribution in [0.5, 0.6) is 0 Å². The summed E-state index contributed by atoms with van der Waals surface area (Å²) in [5, 5.41) is 0. The highest BCUT2D eigenvalue weighted by Crippen LogP contribution is 2.24. The van der Waals surface area contributed by atoms with Crippen molar-refractivity contribution < 1.29 is 0 Å². The molecule has 0 aliphatic carbocycles. The van der Waals surface area contributed by atoms with E-state index in [-0.39, 0.29) is 0 Å². The summed E-state index contributed by atoms with van der Waals surface area (Å²) in [6, 6.07) is 8.58. The second kappa shape index (κ2) is 6.05. The van der Waals surface area contributed by atoms with Crippen LogP contribution < -0.4 is 0 Å². The third-order valence-electron chi connectivity index (χ3n) is 2.97. The summed E-state index contributed by atoms with van der Waals surface area (Å²) >= 11 is 7.24. The van der Waals surface area contributed by atoms with Crippen LogP contribution >= 0.6 is 31.9 Å². The molecule has 1 rings (SSSR count). The van der Waals surface area contributed by atoms with Crippen LogP contribution in [0.1, 0.15) is 26.3 Å². The van der Waals surface area contributed by atoms with Gasteiger partial charge in [-0.25, -0.2) is 0 Å². The predicted molar refractivity (Wildman–Crippen MR) is 74.6 cm³/mol. The Morgan fingerprint density at radius 1 is 1.07 bits per heavy atom. The number of hydrogen-bond donors (Lipinski definition) is 0. The quantitative estimate of drug-likeness (QED) is 0.676. The zero-order valence-electron chi connectivity index (χ0n) is 9.50.